The monoisotopic (exact) mass is 375 g/mol. The Hall–Kier alpha value is -1.59. The molecule has 0 spiro atoms. The fraction of sp³-hybridized carbons (Fsp3) is 0.389. The van der Waals surface area contributed by atoms with Crippen LogP contribution in [0.2, 0.25) is 0 Å². The summed E-state index contributed by atoms with van der Waals surface area (Å²) in [5, 5.41) is 3.32. The Balaban J connectivity index is 1.93. The number of benzene rings is 1. The first kappa shape index (κ1) is 16.3. The molecule has 2 aromatic rings. The molecule has 1 fully saturated rings. The number of aromatic nitrogens is 1. The maximum atomic E-state index is 12.9. The summed E-state index contributed by atoms with van der Waals surface area (Å²) in [6.07, 6.45) is 1.02. The summed E-state index contributed by atoms with van der Waals surface area (Å²) in [4.78, 5) is 14.8. The van der Waals surface area contributed by atoms with Crippen molar-refractivity contribution in [1.29, 1.82) is 0 Å². The number of hydrogen-bond acceptors (Lipinski definition) is 2. The van der Waals surface area contributed by atoms with Crippen LogP contribution in [0.3, 0.4) is 0 Å². The molecule has 1 aliphatic heterocycles. The van der Waals surface area contributed by atoms with Crippen LogP contribution in [0, 0.1) is 13.8 Å². The number of nitrogens with zero attached hydrogens (tertiary/aromatic N) is 2. The molecular weight excluding hydrogens is 354 g/mol. The van der Waals surface area contributed by atoms with Gasteiger partial charge < -0.3 is 14.8 Å². The van der Waals surface area contributed by atoms with E-state index in [-0.39, 0.29) is 5.91 Å². The summed E-state index contributed by atoms with van der Waals surface area (Å²) < 4.78 is 3.19. The molecule has 2 heterocycles. The first-order chi connectivity index (χ1) is 11.0. The lowest BCUT2D eigenvalue weighted by molar-refractivity contribution is 0.0743. The van der Waals surface area contributed by atoms with E-state index < -0.39 is 0 Å². The van der Waals surface area contributed by atoms with Crippen LogP contribution in [-0.2, 0) is 0 Å². The number of likely N-dealkylation sites (N-methyl/N-ethyl adjacent to an activating group) is 1. The van der Waals surface area contributed by atoms with E-state index in [1.807, 2.05) is 44.0 Å². The third-order valence-corrected chi connectivity index (χ3v) is 5.18. The molecule has 23 heavy (non-hydrogen) atoms. The molecule has 4 nitrogen and oxygen atoms in total. The highest BCUT2D eigenvalue weighted by Crippen LogP contribution is 2.24. The molecule has 122 valence electrons. The Kier molecular flexibility index (Phi) is 4.60. The van der Waals surface area contributed by atoms with Crippen molar-refractivity contribution in [2.75, 3.05) is 20.1 Å². The third kappa shape index (κ3) is 3.08. The van der Waals surface area contributed by atoms with Crippen molar-refractivity contribution in [2.45, 2.75) is 26.3 Å². The van der Waals surface area contributed by atoms with Crippen molar-refractivity contribution in [2.24, 2.45) is 0 Å². The second-order valence-electron chi connectivity index (χ2n) is 6.16. The minimum atomic E-state index is 0.107. The molecule has 0 aliphatic carbocycles. The van der Waals surface area contributed by atoms with Crippen molar-refractivity contribution < 1.29 is 4.79 Å². The van der Waals surface area contributed by atoms with Gasteiger partial charge in [-0.2, -0.15) is 0 Å². The van der Waals surface area contributed by atoms with E-state index in [4.69, 9.17) is 0 Å². The van der Waals surface area contributed by atoms with Crippen LogP contribution in [-0.4, -0.2) is 41.6 Å². The van der Waals surface area contributed by atoms with Gasteiger partial charge in [-0.1, -0.05) is 15.9 Å². The second-order valence-corrected chi connectivity index (χ2v) is 7.07. The number of halogens is 1. The van der Waals surface area contributed by atoms with Gasteiger partial charge in [0.2, 0.25) is 0 Å². The number of aryl methyl sites for hydroxylation is 1. The zero-order valence-electron chi connectivity index (χ0n) is 13.8. The van der Waals surface area contributed by atoms with Gasteiger partial charge in [0.1, 0.15) is 0 Å². The summed E-state index contributed by atoms with van der Waals surface area (Å²) in [6, 6.07) is 10.4. The largest absolute Gasteiger partial charge is 0.337 e. The van der Waals surface area contributed by atoms with Gasteiger partial charge in [-0.15, -0.1) is 0 Å². The lowest BCUT2D eigenvalue weighted by atomic mass is 10.1. The standard InChI is InChI=1S/C18H22BrN3O/c1-12-10-17(18(23)21(3)16-8-9-20-11-16)13(2)22(12)15-6-4-14(19)5-7-15/h4-7,10,16,20H,8-9,11H2,1-3H3. The van der Waals surface area contributed by atoms with Crippen LogP contribution >= 0.6 is 15.9 Å². The Labute approximate surface area is 145 Å². The normalized spacial score (nSPS) is 17.5. The number of carbonyl (C=O) groups is 1. The fourth-order valence-electron chi connectivity index (χ4n) is 3.29. The molecule has 5 heteroatoms. The molecular formula is C18H22BrN3O. The summed E-state index contributed by atoms with van der Waals surface area (Å²) in [6.45, 7) is 5.93. The van der Waals surface area contributed by atoms with E-state index in [1.165, 1.54) is 0 Å². The van der Waals surface area contributed by atoms with Gasteiger partial charge in [0.25, 0.3) is 5.91 Å². The zero-order chi connectivity index (χ0) is 16.6. The maximum Gasteiger partial charge on any atom is 0.255 e. The number of amides is 1. The van der Waals surface area contributed by atoms with Gasteiger partial charge in [-0.05, 0) is 57.1 Å². The topological polar surface area (TPSA) is 37.3 Å². The Morgan fingerprint density at radius 2 is 2.00 bits per heavy atom. The van der Waals surface area contributed by atoms with Gasteiger partial charge >= 0.3 is 0 Å². The molecule has 0 radical (unpaired) electrons. The van der Waals surface area contributed by atoms with Crippen molar-refractivity contribution in [3.8, 4) is 5.69 Å². The first-order valence-electron chi connectivity index (χ1n) is 7.92. The molecule has 1 amide bonds. The predicted octanol–water partition coefficient (Wildman–Crippen LogP) is 3.29. The van der Waals surface area contributed by atoms with Crippen LogP contribution in [0.5, 0.6) is 0 Å². The minimum absolute atomic E-state index is 0.107. The van der Waals surface area contributed by atoms with Crippen LogP contribution < -0.4 is 5.32 Å². The van der Waals surface area contributed by atoms with Crippen molar-refractivity contribution in [3.63, 3.8) is 0 Å². The van der Waals surface area contributed by atoms with Gasteiger partial charge in [0.05, 0.1) is 5.56 Å². The van der Waals surface area contributed by atoms with E-state index in [0.717, 1.165) is 46.6 Å². The van der Waals surface area contributed by atoms with E-state index in [9.17, 15) is 4.79 Å². The Bertz CT molecular complexity index is 715. The van der Waals surface area contributed by atoms with Gasteiger partial charge in [0.15, 0.2) is 0 Å². The first-order valence-corrected chi connectivity index (χ1v) is 8.71. The summed E-state index contributed by atoms with van der Waals surface area (Å²) in [5.74, 6) is 0.107. The quantitative estimate of drug-likeness (QED) is 0.893. The van der Waals surface area contributed by atoms with Crippen LogP contribution in [0.25, 0.3) is 5.69 Å². The lowest BCUT2D eigenvalue weighted by Gasteiger charge is -2.23. The zero-order valence-corrected chi connectivity index (χ0v) is 15.4. The van der Waals surface area contributed by atoms with Crippen LogP contribution in [0.4, 0.5) is 0 Å². The second kappa shape index (κ2) is 6.49. The smallest absolute Gasteiger partial charge is 0.255 e. The molecule has 1 N–H and O–H groups in total. The highest BCUT2D eigenvalue weighted by molar-refractivity contribution is 9.10. The molecule has 1 saturated heterocycles. The van der Waals surface area contributed by atoms with Gasteiger partial charge in [0, 0.05) is 41.2 Å². The van der Waals surface area contributed by atoms with Crippen LogP contribution in [0.15, 0.2) is 34.8 Å². The Morgan fingerprint density at radius 3 is 2.61 bits per heavy atom. The van der Waals surface area contributed by atoms with Crippen molar-refractivity contribution in [3.05, 3.63) is 51.8 Å². The van der Waals surface area contributed by atoms with Gasteiger partial charge in [-0.25, -0.2) is 0 Å². The molecule has 1 aromatic heterocycles. The summed E-state index contributed by atoms with van der Waals surface area (Å²) >= 11 is 3.46. The van der Waals surface area contributed by atoms with E-state index in [0.29, 0.717) is 6.04 Å². The SMILES string of the molecule is Cc1cc(C(=O)N(C)C2CCNC2)c(C)n1-c1ccc(Br)cc1. The highest BCUT2D eigenvalue weighted by atomic mass is 79.9. The lowest BCUT2D eigenvalue weighted by Crippen LogP contribution is -2.38. The van der Waals surface area contributed by atoms with Crippen molar-refractivity contribution >= 4 is 21.8 Å². The Morgan fingerprint density at radius 1 is 1.30 bits per heavy atom. The van der Waals surface area contributed by atoms with Gasteiger partial charge in [-0.3, -0.25) is 4.79 Å². The van der Waals surface area contributed by atoms with E-state index in [2.05, 4.69) is 37.9 Å². The highest BCUT2D eigenvalue weighted by Gasteiger charge is 2.26. The predicted molar refractivity (Wildman–Crippen MR) is 96.3 cm³/mol. The molecule has 0 bridgehead atoms. The number of hydrogen-bond donors (Lipinski definition) is 1. The number of rotatable bonds is 3. The third-order valence-electron chi connectivity index (χ3n) is 4.65. The molecule has 1 atom stereocenters. The molecule has 1 aliphatic rings. The average Bonchev–Trinajstić information content (AvgIpc) is 3.16. The average molecular weight is 376 g/mol. The van der Waals surface area contributed by atoms with Crippen molar-refractivity contribution in [1.82, 2.24) is 14.8 Å². The minimum Gasteiger partial charge on any atom is -0.337 e. The number of carbonyl (C=O) groups excluding carboxylic acids is 1. The molecule has 3 rings (SSSR count). The summed E-state index contributed by atoms with van der Waals surface area (Å²) in [7, 11) is 1.91. The van der Waals surface area contributed by atoms with E-state index in [1.54, 1.807) is 0 Å². The summed E-state index contributed by atoms with van der Waals surface area (Å²) in [5.41, 5.74) is 3.94. The number of nitrogens with one attached hydrogen (secondary N) is 1. The molecule has 1 unspecified atom stereocenters. The molecule has 1 aromatic carbocycles. The van der Waals surface area contributed by atoms with Crippen LogP contribution in [0.1, 0.15) is 28.2 Å². The maximum absolute atomic E-state index is 12.9. The van der Waals surface area contributed by atoms with E-state index >= 15 is 0 Å². The fourth-order valence-corrected chi connectivity index (χ4v) is 3.56. The molecule has 0 saturated carbocycles.